The molecule has 0 aromatic heterocycles. The summed E-state index contributed by atoms with van der Waals surface area (Å²) in [6.07, 6.45) is 0. The van der Waals surface area contributed by atoms with Gasteiger partial charge in [-0.1, -0.05) is 23.8 Å². The van der Waals surface area contributed by atoms with Gasteiger partial charge >= 0.3 is 6.03 Å². The number of urea groups is 1. The predicted molar refractivity (Wildman–Crippen MR) is 61.7 cm³/mol. The van der Waals surface area contributed by atoms with Crippen molar-refractivity contribution >= 4 is 6.03 Å². The Balaban J connectivity index is 2.28. The Bertz CT molecular complexity index is 312. The largest absolute Gasteiger partial charge is 0.389 e. The van der Waals surface area contributed by atoms with Gasteiger partial charge in [0.05, 0.1) is 0 Å². The van der Waals surface area contributed by atoms with E-state index in [4.69, 9.17) is 4.84 Å². The number of hydrogen-bond donors (Lipinski definition) is 2. The van der Waals surface area contributed by atoms with Crippen LogP contribution in [0.1, 0.15) is 13.8 Å². The van der Waals surface area contributed by atoms with Crippen molar-refractivity contribution in [3.63, 3.8) is 0 Å². The molecule has 0 heterocycles. The van der Waals surface area contributed by atoms with Crippen LogP contribution in [-0.4, -0.2) is 24.0 Å². The third-order valence-corrected chi connectivity index (χ3v) is 2.12. The molecule has 1 rings (SSSR count). The van der Waals surface area contributed by atoms with E-state index >= 15 is 0 Å². The second-order valence-electron chi connectivity index (χ2n) is 3.12. The van der Waals surface area contributed by atoms with Gasteiger partial charge in [0.25, 0.3) is 0 Å². The zero-order chi connectivity index (χ0) is 11.8. The Hall–Kier alpha value is -1.75. The van der Waals surface area contributed by atoms with Crippen molar-refractivity contribution in [1.29, 1.82) is 0 Å². The number of carbonyl (C=O) groups excluding carboxylic acids is 1. The van der Waals surface area contributed by atoms with Crippen molar-refractivity contribution in [2.75, 3.05) is 13.1 Å². The van der Waals surface area contributed by atoms with Gasteiger partial charge in [0.15, 0.2) is 0 Å². The highest BCUT2D eigenvalue weighted by atomic mass is 16.7. The van der Waals surface area contributed by atoms with Gasteiger partial charge in [0.2, 0.25) is 0 Å². The highest BCUT2D eigenvalue weighted by molar-refractivity contribution is 5.73. The molecule has 0 aliphatic carbocycles. The van der Waals surface area contributed by atoms with Gasteiger partial charge in [-0.3, -0.25) is 0 Å². The van der Waals surface area contributed by atoms with Crippen LogP contribution in [0.5, 0.6) is 5.75 Å². The summed E-state index contributed by atoms with van der Waals surface area (Å²) in [6, 6.07) is 8.96. The molecule has 16 heavy (non-hydrogen) atoms. The average molecular weight is 223 g/mol. The molecular weight excluding hydrogens is 206 g/mol. The fraction of sp³-hybridized carbons (Fsp3) is 0.364. The second-order valence-corrected chi connectivity index (χ2v) is 3.12. The topological polar surface area (TPSA) is 53.6 Å². The van der Waals surface area contributed by atoms with Crippen LogP contribution in [0.4, 0.5) is 4.79 Å². The Kier molecular flexibility index (Phi) is 5.15. The van der Waals surface area contributed by atoms with E-state index in [-0.39, 0.29) is 6.03 Å². The quantitative estimate of drug-likeness (QED) is 0.744. The van der Waals surface area contributed by atoms with E-state index in [9.17, 15) is 4.79 Å². The van der Waals surface area contributed by atoms with Gasteiger partial charge in [0.1, 0.15) is 5.75 Å². The monoisotopic (exact) mass is 223 g/mol. The van der Waals surface area contributed by atoms with Crippen molar-refractivity contribution < 1.29 is 9.63 Å². The predicted octanol–water partition coefficient (Wildman–Crippen LogP) is 1.54. The maximum atomic E-state index is 11.5. The first-order valence-electron chi connectivity index (χ1n) is 5.29. The maximum absolute atomic E-state index is 11.5. The first-order chi connectivity index (χ1) is 7.77. The Morgan fingerprint density at radius 3 is 2.44 bits per heavy atom. The lowest BCUT2D eigenvalue weighted by atomic mass is 10.3. The SMILES string of the molecule is CCN(CC)C(=O)NNOc1ccccc1. The van der Waals surface area contributed by atoms with E-state index in [0.717, 1.165) is 0 Å². The molecular formula is C11H17N3O2. The normalized spacial score (nSPS) is 9.62. The fourth-order valence-electron chi connectivity index (χ4n) is 1.21. The maximum Gasteiger partial charge on any atom is 0.334 e. The first kappa shape index (κ1) is 12.3. The van der Waals surface area contributed by atoms with Gasteiger partial charge in [-0.2, -0.15) is 0 Å². The molecule has 1 aromatic carbocycles. The molecule has 5 heteroatoms. The molecule has 0 unspecified atom stereocenters. The van der Waals surface area contributed by atoms with Crippen LogP contribution in [0.25, 0.3) is 0 Å². The summed E-state index contributed by atoms with van der Waals surface area (Å²) in [7, 11) is 0. The van der Waals surface area contributed by atoms with E-state index in [1.165, 1.54) is 0 Å². The summed E-state index contributed by atoms with van der Waals surface area (Å²) in [4.78, 5) is 18.2. The van der Waals surface area contributed by atoms with E-state index in [0.29, 0.717) is 18.8 Å². The number of carbonyl (C=O) groups is 1. The molecule has 0 atom stereocenters. The van der Waals surface area contributed by atoms with Crippen molar-refractivity contribution in [1.82, 2.24) is 15.9 Å². The Morgan fingerprint density at radius 2 is 1.88 bits per heavy atom. The zero-order valence-corrected chi connectivity index (χ0v) is 9.56. The van der Waals surface area contributed by atoms with Crippen LogP contribution >= 0.6 is 0 Å². The van der Waals surface area contributed by atoms with Crippen molar-refractivity contribution in [3.8, 4) is 5.75 Å². The van der Waals surface area contributed by atoms with Crippen molar-refractivity contribution in [2.24, 2.45) is 0 Å². The Morgan fingerprint density at radius 1 is 1.25 bits per heavy atom. The summed E-state index contributed by atoms with van der Waals surface area (Å²) in [5.74, 6) is 0.641. The summed E-state index contributed by atoms with van der Waals surface area (Å²) in [5.41, 5.74) is 4.86. The van der Waals surface area contributed by atoms with Crippen molar-refractivity contribution in [3.05, 3.63) is 30.3 Å². The van der Waals surface area contributed by atoms with Gasteiger partial charge < -0.3 is 9.74 Å². The van der Waals surface area contributed by atoms with Crippen LogP contribution in [0.3, 0.4) is 0 Å². The number of nitrogens with zero attached hydrogens (tertiary/aromatic N) is 1. The molecule has 2 amide bonds. The number of hydrogen-bond acceptors (Lipinski definition) is 3. The molecule has 88 valence electrons. The van der Waals surface area contributed by atoms with Crippen LogP contribution in [0, 0.1) is 0 Å². The third-order valence-electron chi connectivity index (χ3n) is 2.12. The molecule has 0 radical (unpaired) electrons. The molecule has 0 fully saturated rings. The van der Waals surface area contributed by atoms with E-state index < -0.39 is 0 Å². The average Bonchev–Trinajstić information content (AvgIpc) is 2.32. The minimum absolute atomic E-state index is 0.207. The van der Waals surface area contributed by atoms with Gasteiger partial charge in [-0.25, -0.2) is 10.2 Å². The molecule has 0 bridgehead atoms. The molecule has 0 saturated heterocycles. The molecule has 5 nitrogen and oxygen atoms in total. The highest BCUT2D eigenvalue weighted by Gasteiger charge is 2.07. The molecule has 0 saturated carbocycles. The molecule has 0 aliphatic rings. The number of benzene rings is 1. The summed E-state index contributed by atoms with van der Waals surface area (Å²) < 4.78 is 0. The number of hydrazine groups is 1. The third kappa shape index (κ3) is 3.78. The zero-order valence-electron chi connectivity index (χ0n) is 9.56. The number of amides is 2. The lowest BCUT2D eigenvalue weighted by Crippen LogP contribution is -2.47. The lowest BCUT2D eigenvalue weighted by molar-refractivity contribution is 0.134. The number of nitrogens with one attached hydrogen (secondary N) is 2. The molecule has 0 aliphatic heterocycles. The van der Waals surface area contributed by atoms with Crippen LogP contribution in [0.15, 0.2) is 30.3 Å². The Labute approximate surface area is 95.3 Å². The van der Waals surface area contributed by atoms with Crippen molar-refractivity contribution in [2.45, 2.75) is 13.8 Å². The van der Waals surface area contributed by atoms with Gasteiger partial charge in [-0.15, -0.1) is 0 Å². The minimum atomic E-state index is -0.207. The van der Waals surface area contributed by atoms with Gasteiger partial charge in [0, 0.05) is 13.1 Å². The smallest absolute Gasteiger partial charge is 0.334 e. The number of para-hydroxylation sites is 1. The van der Waals surface area contributed by atoms with Crippen LogP contribution in [0.2, 0.25) is 0 Å². The van der Waals surface area contributed by atoms with Crippen LogP contribution < -0.4 is 15.9 Å². The van der Waals surface area contributed by atoms with Crippen LogP contribution in [-0.2, 0) is 0 Å². The molecule has 2 N–H and O–H groups in total. The highest BCUT2D eigenvalue weighted by Crippen LogP contribution is 2.05. The summed E-state index contributed by atoms with van der Waals surface area (Å²) in [6.45, 7) is 5.16. The lowest BCUT2D eigenvalue weighted by Gasteiger charge is -2.19. The van der Waals surface area contributed by atoms with Gasteiger partial charge in [-0.05, 0) is 26.0 Å². The minimum Gasteiger partial charge on any atom is -0.389 e. The summed E-state index contributed by atoms with van der Waals surface area (Å²) >= 11 is 0. The molecule has 0 spiro atoms. The summed E-state index contributed by atoms with van der Waals surface area (Å²) in [5, 5.41) is 0. The van der Waals surface area contributed by atoms with E-state index in [2.05, 4.69) is 11.0 Å². The van der Waals surface area contributed by atoms with E-state index in [1.807, 2.05) is 32.0 Å². The first-order valence-corrected chi connectivity index (χ1v) is 5.29. The van der Waals surface area contributed by atoms with E-state index in [1.54, 1.807) is 17.0 Å². The molecule has 1 aromatic rings. The fourth-order valence-corrected chi connectivity index (χ4v) is 1.21. The standard InChI is InChI=1S/C11H17N3O2/c1-3-14(4-2)11(15)12-13-16-10-8-6-5-7-9-10/h5-9,13H,3-4H2,1-2H3,(H,12,15). The second kappa shape index (κ2) is 6.68. The number of rotatable bonds is 5.